The quantitative estimate of drug-likeness (QED) is 0.686. The van der Waals surface area contributed by atoms with Crippen LogP contribution in [-0.4, -0.2) is 37.4 Å². The second kappa shape index (κ2) is 7.23. The van der Waals surface area contributed by atoms with Gasteiger partial charge in [0, 0.05) is 16.9 Å². The molecule has 4 rings (SSSR count). The van der Waals surface area contributed by atoms with Crippen LogP contribution in [0.1, 0.15) is 39.5 Å². The van der Waals surface area contributed by atoms with E-state index in [1.807, 2.05) is 31.2 Å². The molecule has 136 valence electrons. The van der Waals surface area contributed by atoms with E-state index >= 15 is 0 Å². The number of carbonyl (C=O) groups excluding carboxylic acids is 1. The predicted octanol–water partition coefficient (Wildman–Crippen LogP) is 3.68. The molecule has 1 aromatic carbocycles. The first-order valence-electron chi connectivity index (χ1n) is 9.20. The Hall–Kier alpha value is -2.15. The second-order valence-electron chi connectivity index (χ2n) is 7.10. The Morgan fingerprint density at radius 1 is 1.27 bits per heavy atom. The average Bonchev–Trinajstić information content (AvgIpc) is 3.01. The van der Waals surface area contributed by atoms with Crippen LogP contribution >= 0.6 is 11.8 Å². The van der Waals surface area contributed by atoms with Gasteiger partial charge in [0.25, 0.3) is 0 Å². The summed E-state index contributed by atoms with van der Waals surface area (Å²) in [6.45, 7) is 4.12. The van der Waals surface area contributed by atoms with Gasteiger partial charge < -0.3 is 10.3 Å². The molecular formula is C19H23N5OS. The number of aromatic nitrogens is 4. The standard InChI is InChI=1S/C19H23N5OS/c1-11-7-3-5-9-14(11)21-18(25)12(2)26-19-22-17-16(23-24-19)13-8-4-6-10-15(13)20-17/h4,6,8,10-12,14H,3,5,7,9H2,1-2H3,(H,21,25)(H,20,22,24)/t11-,12-,14-/m1/s1. The zero-order valence-corrected chi connectivity index (χ0v) is 15.8. The highest BCUT2D eigenvalue weighted by Crippen LogP contribution is 2.27. The summed E-state index contributed by atoms with van der Waals surface area (Å²) in [5.74, 6) is 0.597. The lowest BCUT2D eigenvalue weighted by atomic mass is 9.86. The third-order valence-electron chi connectivity index (χ3n) is 5.19. The first kappa shape index (κ1) is 17.3. The number of hydrogen-bond donors (Lipinski definition) is 2. The van der Waals surface area contributed by atoms with Gasteiger partial charge in [0.2, 0.25) is 11.1 Å². The molecule has 0 saturated heterocycles. The highest BCUT2D eigenvalue weighted by Gasteiger charge is 2.25. The number of H-pyrrole nitrogens is 1. The van der Waals surface area contributed by atoms with Crippen LogP contribution in [0.25, 0.3) is 22.1 Å². The summed E-state index contributed by atoms with van der Waals surface area (Å²) in [5.41, 5.74) is 2.46. The van der Waals surface area contributed by atoms with Crippen LogP contribution in [0.5, 0.6) is 0 Å². The number of nitrogens with zero attached hydrogens (tertiary/aromatic N) is 3. The van der Waals surface area contributed by atoms with Crippen LogP contribution in [0, 0.1) is 5.92 Å². The first-order valence-corrected chi connectivity index (χ1v) is 10.1. The molecule has 0 aliphatic heterocycles. The Balaban J connectivity index is 1.47. The highest BCUT2D eigenvalue weighted by molar-refractivity contribution is 8.00. The van der Waals surface area contributed by atoms with Gasteiger partial charge in [0.15, 0.2) is 5.65 Å². The van der Waals surface area contributed by atoms with Crippen molar-refractivity contribution in [3.05, 3.63) is 24.3 Å². The van der Waals surface area contributed by atoms with Crippen molar-refractivity contribution in [2.45, 2.75) is 56.0 Å². The van der Waals surface area contributed by atoms with E-state index in [1.54, 1.807) is 0 Å². The molecule has 7 heteroatoms. The molecule has 1 aliphatic rings. The van der Waals surface area contributed by atoms with Gasteiger partial charge in [0.05, 0.1) is 5.25 Å². The van der Waals surface area contributed by atoms with Gasteiger partial charge in [-0.3, -0.25) is 4.79 Å². The molecule has 2 aromatic heterocycles. The average molecular weight is 369 g/mol. The lowest BCUT2D eigenvalue weighted by Gasteiger charge is -2.30. The van der Waals surface area contributed by atoms with Gasteiger partial charge in [-0.1, -0.05) is 49.7 Å². The van der Waals surface area contributed by atoms with Crippen LogP contribution < -0.4 is 5.32 Å². The number of carbonyl (C=O) groups is 1. The summed E-state index contributed by atoms with van der Waals surface area (Å²) < 4.78 is 0. The van der Waals surface area contributed by atoms with E-state index in [1.165, 1.54) is 31.0 Å². The van der Waals surface area contributed by atoms with E-state index in [9.17, 15) is 4.79 Å². The van der Waals surface area contributed by atoms with Crippen molar-refractivity contribution in [1.82, 2.24) is 25.5 Å². The van der Waals surface area contributed by atoms with Crippen molar-refractivity contribution in [2.24, 2.45) is 5.92 Å². The fourth-order valence-electron chi connectivity index (χ4n) is 3.60. The molecule has 26 heavy (non-hydrogen) atoms. The molecule has 1 amide bonds. The molecule has 2 N–H and O–H groups in total. The molecule has 1 fully saturated rings. The molecule has 2 heterocycles. The number of thioether (sulfide) groups is 1. The predicted molar refractivity (Wildman–Crippen MR) is 104 cm³/mol. The number of nitrogens with one attached hydrogen (secondary N) is 2. The van der Waals surface area contributed by atoms with Crippen molar-refractivity contribution in [2.75, 3.05) is 0 Å². The normalized spacial score (nSPS) is 21.8. The Kier molecular flexibility index (Phi) is 4.80. The van der Waals surface area contributed by atoms with Crippen LogP contribution in [0.3, 0.4) is 0 Å². The van der Waals surface area contributed by atoms with E-state index in [4.69, 9.17) is 0 Å². The number of amides is 1. The van der Waals surface area contributed by atoms with Crippen LogP contribution in [0.15, 0.2) is 29.4 Å². The zero-order chi connectivity index (χ0) is 18.1. The largest absolute Gasteiger partial charge is 0.352 e. The minimum absolute atomic E-state index is 0.0501. The Labute approximate surface area is 156 Å². The number of fused-ring (bicyclic) bond motifs is 3. The second-order valence-corrected chi connectivity index (χ2v) is 8.41. The molecule has 3 atom stereocenters. The Morgan fingerprint density at radius 2 is 2.08 bits per heavy atom. The van der Waals surface area contributed by atoms with Gasteiger partial charge in [-0.25, -0.2) is 4.98 Å². The van der Waals surface area contributed by atoms with E-state index < -0.39 is 0 Å². The number of hydrogen-bond acceptors (Lipinski definition) is 5. The zero-order valence-electron chi connectivity index (χ0n) is 15.0. The van der Waals surface area contributed by atoms with Gasteiger partial charge in [-0.15, -0.1) is 10.2 Å². The number of aromatic amines is 1. The minimum Gasteiger partial charge on any atom is -0.352 e. The van der Waals surface area contributed by atoms with Crippen molar-refractivity contribution in [3.63, 3.8) is 0 Å². The molecule has 3 aromatic rings. The molecular weight excluding hydrogens is 346 g/mol. The van der Waals surface area contributed by atoms with Crippen LogP contribution in [0.4, 0.5) is 0 Å². The number of para-hydroxylation sites is 1. The van der Waals surface area contributed by atoms with Gasteiger partial charge in [0.1, 0.15) is 5.52 Å². The lowest BCUT2D eigenvalue weighted by molar-refractivity contribution is -0.121. The third-order valence-corrected chi connectivity index (χ3v) is 6.14. The lowest BCUT2D eigenvalue weighted by Crippen LogP contribution is -2.44. The fourth-order valence-corrected chi connectivity index (χ4v) is 4.32. The first-order chi connectivity index (χ1) is 12.6. The highest BCUT2D eigenvalue weighted by atomic mass is 32.2. The van der Waals surface area contributed by atoms with Crippen LogP contribution in [-0.2, 0) is 4.79 Å². The summed E-state index contributed by atoms with van der Waals surface area (Å²) in [4.78, 5) is 20.4. The van der Waals surface area contributed by atoms with E-state index in [0.29, 0.717) is 16.7 Å². The maximum Gasteiger partial charge on any atom is 0.233 e. The fraction of sp³-hybridized carbons (Fsp3) is 0.474. The molecule has 0 unspecified atom stereocenters. The molecule has 0 spiro atoms. The monoisotopic (exact) mass is 369 g/mol. The van der Waals surface area contributed by atoms with Gasteiger partial charge in [-0.05, 0) is 31.7 Å². The molecule has 0 radical (unpaired) electrons. The Morgan fingerprint density at radius 3 is 2.92 bits per heavy atom. The van der Waals surface area contributed by atoms with E-state index in [-0.39, 0.29) is 17.2 Å². The Bertz CT molecular complexity index is 940. The van der Waals surface area contributed by atoms with Crippen molar-refractivity contribution in [3.8, 4) is 0 Å². The maximum atomic E-state index is 12.5. The van der Waals surface area contributed by atoms with Gasteiger partial charge in [-0.2, -0.15) is 0 Å². The summed E-state index contributed by atoms with van der Waals surface area (Å²) in [6, 6.07) is 8.22. The molecule has 1 saturated carbocycles. The topological polar surface area (TPSA) is 83.6 Å². The summed E-state index contributed by atoms with van der Waals surface area (Å²) in [5, 5.41) is 13.0. The van der Waals surface area contributed by atoms with E-state index in [0.717, 1.165) is 22.8 Å². The number of rotatable bonds is 4. The van der Waals surface area contributed by atoms with E-state index in [2.05, 4.69) is 32.4 Å². The van der Waals surface area contributed by atoms with Gasteiger partial charge >= 0.3 is 0 Å². The minimum atomic E-state index is -0.257. The molecule has 0 bridgehead atoms. The summed E-state index contributed by atoms with van der Waals surface area (Å²) in [7, 11) is 0. The summed E-state index contributed by atoms with van der Waals surface area (Å²) >= 11 is 1.35. The molecule has 1 aliphatic carbocycles. The van der Waals surface area contributed by atoms with Crippen molar-refractivity contribution in [1.29, 1.82) is 0 Å². The number of benzene rings is 1. The molecule has 6 nitrogen and oxygen atoms in total. The smallest absolute Gasteiger partial charge is 0.233 e. The van der Waals surface area contributed by atoms with Crippen LogP contribution in [0.2, 0.25) is 0 Å². The summed E-state index contributed by atoms with van der Waals surface area (Å²) in [6.07, 6.45) is 4.72. The maximum absolute atomic E-state index is 12.5. The third kappa shape index (κ3) is 3.40. The van der Waals surface area contributed by atoms with Crippen molar-refractivity contribution >= 4 is 39.7 Å². The SMILES string of the molecule is C[C@@H]1CCCC[C@H]1NC(=O)[C@@H](C)Sc1nnc2c(n1)[nH]c1ccccc12. The van der Waals surface area contributed by atoms with Crippen molar-refractivity contribution < 1.29 is 4.79 Å².